The number of hydrogen-bond donors (Lipinski definition) is 11. The maximum atomic E-state index is 11.1. The minimum atomic E-state index is -1.56. The summed E-state index contributed by atoms with van der Waals surface area (Å²) in [5.41, 5.74) is 30.3. The quantitative estimate of drug-likeness (QED) is 0.124. The smallest absolute Gasteiger partial charge is 0.187 e. The van der Waals surface area contributed by atoms with Crippen molar-refractivity contribution in [3.63, 3.8) is 0 Å². The summed E-state index contributed by atoms with van der Waals surface area (Å²) < 4.78 is 40.5. The highest BCUT2D eigenvalue weighted by atomic mass is 16.8. The van der Waals surface area contributed by atoms with E-state index in [0.29, 0.717) is 0 Å². The van der Waals surface area contributed by atoms with Crippen LogP contribution in [0.15, 0.2) is 0 Å². The Morgan fingerprint density at radius 1 is 0.634 bits per heavy atom. The van der Waals surface area contributed by atoms with Gasteiger partial charge in [-0.15, -0.1) is 0 Å². The molecule has 16 N–H and O–H groups in total. The predicted molar refractivity (Wildman–Crippen MR) is 133 cm³/mol. The predicted octanol–water partition coefficient (Wildman–Crippen LogP) is -7.82. The number of aliphatic hydroxyl groups is 6. The van der Waals surface area contributed by atoms with Crippen LogP contribution in [-0.4, -0.2) is 167 Å². The number of rotatable bonds is 8. The summed E-state index contributed by atoms with van der Waals surface area (Å²) in [6.45, 7) is -0.630. The van der Waals surface area contributed by atoms with Crippen LogP contribution in [0.2, 0.25) is 0 Å². The Kier molecular flexibility index (Phi) is 9.83. The topological polar surface area (TPSA) is 316 Å². The van der Waals surface area contributed by atoms with Crippen LogP contribution in [0, 0.1) is 0 Å². The van der Waals surface area contributed by atoms with E-state index in [4.69, 9.17) is 61.8 Å². The lowest BCUT2D eigenvalue weighted by atomic mass is 9.84. The van der Waals surface area contributed by atoms with Crippen molar-refractivity contribution in [2.45, 2.75) is 123 Å². The average molecular weight is 598 g/mol. The normalized spacial score (nSPS) is 55.8. The first-order valence-electron chi connectivity index (χ1n) is 13.7. The number of hydrogen-bond acceptors (Lipinski definition) is 18. The summed E-state index contributed by atoms with van der Waals surface area (Å²) in [5, 5.41) is 62.7. The van der Waals surface area contributed by atoms with Gasteiger partial charge in [0.05, 0.1) is 31.4 Å². The molecular weight excluding hydrogens is 554 g/mol. The molecule has 5 aliphatic rings. The molecule has 4 heterocycles. The van der Waals surface area contributed by atoms with Gasteiger partial charge >= 0.3 is 0 Å². The van der Waals surface area contributed by atoms with E-state index in [2.05, 4.69) is 0 Å². The van der Waals surface area contributed by atoms with Crippen molar-refractivity contribution in [1.82, 2.24) is 0 Å². The molecule has 19 atom stereocenters. The van der Waals surface area contributed by atoms with Gasteiger partial charge in [0.15, 0.2) is 18.9 Å². The molecule has 0 amide bonds. The summed E-state index contributed by atoms with van der Waals surface area (Å²) >= 11 is 0. The summed E-state index contributed by atoms with van der Waals surface area (Å²) in [7, 11) is 0. The van der Waals surface area contributed by atoms with Crippen LogP contribution in [0.4, 0.5) is 0 Å². The Morgan fingerprint density at radius 3 is 1.95 bits per heavy atom. The van der Waals surface area contributed by atoms with Crippen LogP contribution in [0.5, 0.6) is 0 Å². The van der Waals surface area contributed by atoms with Crippen molar-refractivity contribution < 1.29 is 63.8 Å². The van der Waals surface area contributed by atoms with Crippen molar-refractivity contribution in [3.05, 3.63) is 0 Å². The van der Waals surface area contributed by atoms with Crippen LogP contribution >= 0.6 is 0 Å². The van der Waals surface area contributed by atoms with Crippen LogP contribution in [0.1, 0.15) is 6.42 Å². The molecule has 0 radical (unpaired) electrons. The molecule has 1 saturated carbocycles. The summed E-state index contributed by atoms with van der Waals surface area (Å²) in [6.07, 6.45) is -17.4. The number of ether oxygens (including phenoxy) is 7. The van der Waals surface area contributed by atoms with Crippen molar-refractivity contribution in [3.8, 4) is 0 Å². The first-order valence-corrected chi connectivity index (χ1v) is 13.7. The Balaban J connectivity index is 1.29. The Morgan fingerprint density at radius 2 is 1.27 bits per heavy atom. The van der Waals surface area contributed by atoms with Crippen LogP contribution in [-0.2, 0) is 33.2 Å². The lowest BCUT2D eigenvalue weighted by Crippen LogP contribution is -2.66. The molecule has 0 unspecified atom stereocenters. The molecule has 18 heteroatoms. The van der Waals surface area contributed by atoms with Gasteiger partial charge in [0, 0.05) is 18.6 Å². The van der Waals surface area contributed by atoms with Gasteiger partial charge in [-0.1, -0.05) is 0 Å². The average Bonchev–Trinajstić information content (AvgIpc) is 3.39. The summed E-state index contributed by atoms with van der Waals surface area (Å²) in [4.78, 5) is 0. The van der Waals surface area contributed by atoms with Crippen molar-refractivity contribution in [1.29, 1.82) is 0 Å². The molecule has 0 aromatic heterocycles. The van der Waals surface area contributed by atoms with Gasteiger partial charge < -0.3 is 92.5 Å². The minimum Gasteiger partial charge on any atom is -0.394 e. The molecule has 0 aromatic carbocycles. The highest BCUT2D eigenvalue weighted by Gasteiger charge is 2.55. The zero-order valence-electron chi connectivity index (χ0n) is 22.2. The second-order valence-electron chi connectivity index (χ2n) is 11.3. The highest BCUT2D eigenvalue weighted by molar-refractivity contribution is 5.03. The second-order valence-corrected chi connectivity index (χ2v) is 11.3. The summed E-state index contributed by atoms with van der Waals surface area (Å²) in [6, 6.07) is -3.66. The Labute approximate surface area is 235 Å². The van der Waals surface area contributed by atoms with E-state index in [1.165, 1.54) is 0 Å². The fraction of sp³-hybridized carbons (Fsp3) is 1.00. The van der Waals surface area contributed by atoms with E-state index in [9.17, 15) is 30.6 Å². The van der Waals surface area contributed by atoms with Crippen LogP contribution < -0.4 is 28.7 Å². The second kappa shape index (κ2) is 12.7. The van der Waals surface area contributed by atoms with E-state index >= 15 is 0 Å². The maximum absolute atomic E-state index is 11.1. The van der Waals surface area contributed by atoms with Gasteiger partial charge in [-0.3, -0.25) is 0 Å². The number of aliphatic hydroxyl groups excluding tert-OH is 6. The zero-order chi connectivity index (χ0) is 29.7. The third kappa shape index (κ3) is 5.89. The van der Waals surface area contributed by atoms with Gasteiger partial charge in [0.25, 0.3) is 0 Å². The van der Waals surface area contributed by atoms with Gasteiger partial charge in [-0.05, 0) is 6.42 Å². The van der Waals surface area contributed by atoms with Gasteiger partial charge in [-0.25, -0.2) is 0 Å². The third-order valence-corrected chi connectivity index (χ3v) is 8.56. The molecule has 4 saturated heterocycles. The maximum Gasteiger partial charge on any atom is 0.187 e. The first kappa shape index (κ1) is 31.7. The highest BCUT2D eigenvalue weighted by Crippen LogP contribution is 2.35. The Hall–Kier alpha value is -0.720. The lowest BCUT2D eigenvalue weighted by Gasteiger charge is -2.46. The number of fused-ring (bicyclic) bond motifs is 2. The zero-order valence-corrected chi connectivity index (χ0v) is 22.2. The van der Waals surface area contributed by atoms with E-state index in [1.54, 1.807) is 0 Å². The Bertz CT molecular complexity index is 882. The SMILES string of the molecule is NC[C@H]1O[C@@H](O[C@H]2[C@@H](O)[C@H](O[C@@H]3[C@@H](O)[C@H](N)C[C@H](N)[C@H]3O[C@H]3O[C@@H]4CO[C@@H]([C@H]3N)[C@@H]4O)O[C@@H]2CO)[C@@H](N)[C@H](O)[C@H]1O. The molecule has 41 heavy (non-hydrogen) atoms. The van der Waals surface area contributed by atoms with Crippen LogP contribution in [0.25, 0.3) is 0 Å². The third-order valence-electron chi connectivity index (χ3n) is 8.56. The van der Waals surface area contributed by atoms with E-state index < -0.39 is 123 Å². The van der Waals surface area contributed by atoms with E-state index in [0.717, 1.165) is 0 Å². The minimum absolute atomic E-state index is 0.131. The molecule has 0 spiro atoms. The fourth-order valence-corrected chi connectivity index (χ4v) is 6.09. The molecule has 4 aliphatic heterocycles. The summed E-state index contributed by atoms with van der Waals surface area (Å²) in [5.74, 6) is 0. The standard InChI is InChI=1S/C23H43N5O13/c24-2-7-13(31)15(33)10(27)21(36-7)40-18-8(3-29)37-23(16(18)34)41-20-12(30)5(25)1-6(26)17(20)39-22-11(28)19-14(32)9(38-22)4-35-19/h5-23,29-34H,1-4,24-28H2/t5-,6+,7-,8-,9-,10+,11-,12+,13+,14-,15+,16-,17-,18-,19+,20-,21+,22-,23+/m1/s1. The van der Waals surface area contributed by atoms with Gasteiger partial charge in [-0.2, -0.15) is 0 Å². The van der Waals surface area contributed by atoms with Gasteiger partial charge in [0.1, 0.15) is 67.1 Å². The monoisotopic (exact) mass is 597 g/mol. The number of nitrogens with two attached hydrogens (primary N) is 5. The van der Waals surface area contributed by atoms with Gasteiger partial charge in [0.2, 0.25) is 0 Å². The van der Waals surface area contributed by atoms with Crippen molar-refractivity contribution in [2.24, 2.45) is 28.7 Å². The van der Waals surface area contributed by atoms with E-state index in [1.807, 2.05) is 0 Å². The van der Waals surface area contributed by atoms with E-state index in [-0.39, 0.29) is 19.6 Å². The molecule has 238 valence electrons. The fourth-order valence-electron chi connectivity index (χ4n) is 6.09. The van der Waals surface area contributed by atoms with Crippen molar-refractivity contribution >= 4 is 0 Å². The molecule has 5 fully saturated rings. The first-order chi connectivity index (χ1) is 19.5. The molecule has 2 bridgehead atoms. The van der Waals surface area contributed by atoms with Crippen LogP contribution in [0.3, 0.4) is 0 Å². The lowest BCUT2D eigenvalue weighted by molar-refractivity contribution is -0.294. The molecule has 5 rings (SSSR count). The molecular formula is C23H43N5O13. The largest absolute Gasteiger partial charge is 0.394 e. The van der Waals surface area contributed by atoms with Crippen molar-refractivity contribution in [2.75, 3.05) is 19.8 Å². The molecule has 1 aliphatic carbocycles. The molecule has 0 aromatic rings. The molecule has 18 nitrogen and oxygen atoms in total.